The van der Waals surface area contributed by atoms with E-state index in [2.05, 4.69) is 22.2 Å². The summed E-state index contributed by atoms with van der Waals surface area (Å²) in [6, 6.07) is 9.08. The number of hydrogen-bond donors (Lipinski definition) is 2. The Balaban J connectivity index is 1.43. The number of amides is 1. The first-order chi connectivity index (χ1) is 15.0. The van der Waals surface area contributed by atoms with Crippen molar-refractivity contribution in [3.05, 3.63) is 40.2 Å². The molecule has 2 N–H and O–H groups in total. The average Bonchev–Trinajstić information content (AvgIpc) is 3.41. The molecule has 2 aliphatic rings. The number of carbonyl (C=O) groups excluding carboxylic acids is 1. The molecule has 1 heterocycles. The van der Waals surface area contributed by atoms with Gasteiger partial charge in [-0.25, -0.2) is 4.98 Å². The molecule has 4 unspecified atom stereocenters. The molecule has 0 aliphatic heterocycles. The number of nitriles is 1. The second-order valence-corrected chi connectivity index (χ2v) is 9.38. The van der Waals surface area contributed by atoms with Gasteiger partial charge in [-0.2, -0.15) is 5.26 Å². The number of benzene rings is 1. The van der Waals surface area contributed by atoms with Crippen LogP contribution in [0.1, 0.15) is 38.2 Å². The highest BCUT2D eigenvalue weighted by molar-refractivity contribution is 7.99. The summed E-state index contributed by atoms with van der Waals surface area (Å²) in [4.78, 5) is 32.0. The largest absolute Gasteiger partial charge is 0.497 e. The summed E-state index contributed by atoms with van der Waals surface area (Å²) in [7, 11) is 1.57. The Hall–Kier alpha value is -2.79. The fourth-order valence-electron chi connectivity index (χ4n) is 5.03. The fraction of sp³-hybridized carbons (Fsp3) is 0.478. The van der Waals surface area contributed by atoms with Crippen molar-refractivity contribution in [2.45, 2.75) is 43.8 Å². The number of carbonyl (C=O) groups is 1. The minimum atomic E-state index is -0.512. The monoisotopic (exact) mass is 438 g/mol. The maximum atomic E-state index is 12.5. The quantitative estimate of drug-likeness (QED) is 0.507. The third-order valence-corrected chi connectivity index (χ3v) is 7.41. The molecule has 0 radical (unpaired) electrons. The zero-order valence-electron chi connectivity index (χ0n) is 17.7. The first-order valence-corrected chi connectivity index (χ1v) is 11.6. The lowest BCUT2D eigenvalue weighted by Gasteiger charge is -2.28. The van der Waals surface area contributed by atoms with E-state index in [1.165, 1.54) is 37.4 Å². The molecule has 8 heteroatoms. The van der Waals surface area contributed by atoms with Crippen molar-refractivity contribution in [1.29, 1.82) is 5.26 Å². The van der Waals surface area contributed by atoms with Gasteiger partial charge in [-0.1, -0.05) is 18.2 Å². The number of rotatable bonds is 7. The highest BCUT2D eigenvalue weighted by atomic mass is 32.2. The van der Waals surface area contributed by atoms with Crippen molar-refractivity contribution in [3.8, 4) is 23.1 Å². The molecule has 2 bridgehead atoms. The standard InChI is InChI=1S/C23H26N4O3S/c1-13(18-10-14-3-4-16(18)9-14)25-20(28)12-31-23-26-21(19(11-24)22(29)27-23)15-5-7-17(30-2)8-6-15/h5-8,13-14,16,18H,3-4,9-10,12H2,1-2H3,(H,25,28)(H,26,27,29). The number of fused-ring (bicyclic) bond motifs is 2. The molecule has 1 aromatic heterocycles. The number of aromatic amines is 1. The van der Waals surface area contributed by atoms with Crippen LogP contribution in [0.15, 0.2) is 34.2 Å². The maximum Gasteiger partial charge on any atom is 0.270 e. The number of ether oxygens (including phenoxy) is 1. The van der Waals surface area contributed by atoms with Gasteiger partial charge >= 0.3 is 0 Å². The van der Waals surface area contributed by atoms with Crippen molar-refractivity contribution >= 4 is 17.7 Å². The normalized spacial score (nSPS) is 22.7. The zero-order chi connectivity index (χ0) is 22.0. The average molecular weight is 439 g/mol. The number of H-pyrrole nitrogens is 1. The number of nitrogens with zero attached hydrogens (tertiary/aromatic N) is 2. The minimum Gasteiger partial charge on any atom is -0.497 e. The van der Waals surface area contributed by atoms with Crippen LogP contribution in [0.2, 0.25) is 0 Å². The molecule has 2 aromatic rings. The van der Waals surface area contributed by atoms with Crippen LogP contribution in [0, 0.1) is 29.1 Å². The summed E-state index contributed by atoms with van der Waals surface area (Å²) >= 11 is 1.17. The molecule has 162 valence electrons. The zero-order valence-corrected chi connectivity index (χ0v) is 18.5. The minimum absolute atomic E-state index is 0.0520. The van der Waals surface area contributed by atoms with Crippen molar-refractivity contribution in [2.24, 2.45) is 17.8 Å². The van der Waals surface area contributed by atoms with Crippen LogP contribution < -0.4 is 15.6 Å². The highest BCUT2D eigenvalue weighted by Crippen LogP contribution is 2.49. The van der Waals surface area contributed by atoms with Crippen LogP contribution in [-0.4, -0.2) is 34.8 Å². The van der Waals surface area contributed by atoms with Gasteiger partial charge in [-0.05, 0) is 68.2 Å². The van der Waals surface area contributed by atoms with Crippen molar-refractivity contribution in [3.63, 3.8) is 0 Å². The Labute approximate surface area is 185 Å². The summed E-state index contributed by atoms with van der Waals surface area (Å²) in [5.74, 6) is 2.91. The fourth-order valence-corrected chi connectivity index (χ4v) is 5.70. The molecular weight excluding hydrogens is 412 g/mol. The van der Waals surface area contributed by atoms with E-state index < -0.39 is 5.56 Å². The lowest BCUT2D eigenvalue weighted by atomic mass is 9.84. The van der Waals surface area contributed by atoms with Gasteiger partial charge in [0.15, 0.2) is 5.16 Å². The molecule has 4 atom stereocenters. The van der Waals surface area contributed by atoms with Crippen molar-refractivity contribution in [1.82, 2.24) is 15.3 Å². The van der Waals surface area contributed by atoms with E-state index in [4.69, 9.17) is 4.74 Å². The molecule has 2 aliphatic carbocycles. The van der Waals surface area contributed by atoms with Crippen LogP contribution >= 0.6 is 11.8 Å². The van der Waals surface area contributed by atoms with E-state index >= 15 is 0 Å². The smallest absolute Gasteiger partial charge is 0.270 e. The Morgan fingerprint density at radius 1 is 1.35 bits per heavy atom. The maximum absolute atomic E-state index is 12.5. The van der Waals surface area contributed by atoms with Gasteiger partial charge in [0.1, 0.15) is 17.4 Å². The van der Waals surface area contributed by atoms with Gasteiger partial charge in [0, 0.05) is 11.6 Å². The SMILES string of the molecule is COc1ccc(-c2nc(SCC(=O)NC(C)C3CC4CCC3C4)[nH]c(=O)c2C#N)cc1. The summed E-state index contributed by atoms with van der Waals surface area (Å²) in [5, 5.41) is 12.9. The van der Waals surface area contributed by atoms with Crippen molar-refractivity contribution < 1.29 is 9.53 Å². The number of methoxy groups -OCH3 is 1. The van der Waals surface area contributed by atoms with Gasteiger partial charge in [-0.15, -0.1) is 0 Å². The lowest BCUT2D eigenvalue weighted by molar-refractivity contribution is -0.119. The third-order valence-electron chi connectivity index (χ3n) is 6.54. The Morgan fingerprint density at radius 2 is 2.13 bits per heavy atom. The first-order valence-electron chi connectivity index (χ1n) is 10.6. The number of nitrogens with one attached hydrogen (secondary N) is 2. The third kappa shape index (κ3) is 4.62. The molecule has 1 aromatic carbocycles. The second-order valence-electron chi connectivity index (χ2n) is 8.42. The molecule has 4 rings (SSSR count). The molecule has 0 saturated heterocycles. The van der Waals surface area contributed by atoms with Crippen LogP contribution in [0.5, 0.6) is 5.75 Å². The molecular formula is C23H26N4O3S. The summed E-state index contributed by atoms with van der Waals surface area (Å²) in [6.45, 7) is 2.09. The summed E-state index contributed by atoms with van der Waals surface area (Å²) in [5.41, 5.74) is 0.372. The van der Waals surface area contributed by atoms with E-state index in [1.54, 1.807) is 31.4 Å². The van der Waals surface area contributed by atoms with Gasteiger partial charge in [0.25, 0.3) is 5.56 Å². The summed E-state index contributed by atoms with van der Waals surface area (Å²) < 4.78 is 5.16. The van der Waals surface area contributed by atoms with E-state index in [0.29, 0.717) is 28.1 Å². The molecule has 7 nitrogen and oxygen atoms in total. The Bertz CT molecular complexity index is 1060. The van der Waals surface area contributed by atoms with E-state index in [1.807, 2.05) is 6.07 Å². The van der Waals surface area contributed by atoms with Gasteiger partial charge in [0.05, 0.1) is 18.6 Å². The Kier molecular flexibility index (Phi) is 6.33. The first kappa shape index (κ1) is 21.4. The predicted octanol–water partition coefficient (Wildman–Crippen LogP) is 3.35. The van der Waals surface area contributed by atoms with Crippen LogP contribution in [0.3, 0.4) is 0 Å². The van der Waals surface area contributed by atoms with Crippen LogP contribution in [-0.2, 0) is 4.79 Å². The van der Waals surface area contributed by atoms with Gasteiger partial charge < -0.3 is 15.0 Å². The van der Waals surface area contributed by atoms with E-state index in [-0.39, 0.29) is 23.3 Å². The van der Waals surface area contributed by atoms with Crippen LogP contribution in [0.25, 0.3) is 11.3 Å². The van der Waals surface area contributed by atoms with Gasteiger partial charge in [-0.3, -0.25) is 9.59 Å². The van der Waals surface area contributed by atoms with Gasteiger partial charge in [0.2, 0.25) is 5.91 Å². The molecule has 0 spiro atoms. The van der Waals surface area contributed by atoms with E-state index in [9.17, 15) is 14.9 Å². The number of hydrogen-bond acceptors (Lipinski definition) is 6. The topological polar surface area (TPSA) is 108 Å². The van der Waals surface area contributed by atoms with E-state index in [0.717, 1.165) is 11.8 Å². The Morgan fingerprint density at radius 3 is 2.74 bits per heavy atom. The number of aromatic nitrogens is 2. The lowest BCUT2D eigenvalue weighted by Crippen LogP contribution is -2.41. The van der Waals surface area contributed by atoms with Crippen LogP contribution in [0.4, 0.5) is 0 Å². The summed E-state index contributed by atoms with van der Waals surface area (Å²) in [6.07, 6.45) is 5.15. The number of thioether (sulfide) groups is 1. The van der Waals surface area contributed by atoms with Crippen molar-refractivity contribution in [2.75, 3.05) is 12.9 Å². The molecule has 31 heavy (non-hydrogen) atoms. The molecule has 2 saturated carbocycles. The second kappa shape index (κ2) is 9.15. The molecule has 1 amide bonds. The highest BCUT2D eigenvalue weighted by Gasteiger charge is 2.42. The predicted molar refractivity (Wildman–Crippen MR) is 119 cm³/mol. The molecule has 2 fully saturated rings.